The van der Waals surface area contributed by atoms with Crippen LogP contribution < -0.4 is 10.1 Å². The molecule has 118 valence electrons. The van der Waals surface area contributed by atoms with Crippen molar-refractivity contribution in [2.24, 2.45) is 5.92 Å². The summed E-state index contributed by atoms with van der Waals surface area (Å²) in [4.78, 5) is 2.51. The zero-order valence-corrected chi connectivity index (χ0v) is 13.9. The summed E-state index contributed by atoms with van der Waals surface area (Å²) >= 11 is 6.11. The number of nitrogens with zero attached hydrogens (tertiary/aromatic N) is 1. The fourth-order valence-electron chi connectivity index (χ4n) is 2.81. The number of para-hydroxylation sites is 1. The van der Waals surface area contributed by atoms with Crippen LogP contribution in [0.15, 0.2) is 24.3 Å². The fraction of sp³-hybridized carbons (Fsp3) is 0.647. The number of piperidine rings is 1. The van der Waals surface area contributed by atoms with Crippen molar-refractivity contribution < 1.29 is 4.74 Å². The molecule has 1 aromatic carbocycles. The van der Waals surface area contributed by atoms with Crippen LogP contribution >= 0.6 is 11.6 Å². The van der Waals surface area contributed by atoms with Crippen LogP contribution in [0.1, 0.15) is 26.7 Å². The van der Waals surface area contributed by atoms with Gasteiger partial charge in [-0.25, -0.2) is 0 Å². The highest BCUT2D eigenvalue weighted by Gasteiger charge is 2.18. The molecule has 21 heavy (non-hydrogen) atoms. The van der Waals surface area contributed by atoms with Crippen LogP contribution in [-0.4, -0.2) is 43.7 Å². The lowest BCUT2D eigenvalue weighted by Gasteiger charge is -2.32. The third-order valence-corrected chi connectivity index (χ3v) is 4.41. The minimum Gasteiger partial charge on any atom is -0.491 e. The first-order valence-electron chi connectivity index (χ1n) is 7.99. The predicted molar refractivity (Wildman–Crippen MR) is 89.2 cm³/mol. The molecule has 4 heteroatoms. The molecule has 1 aliphatic heterocycles. The van der Waals surface area contributed by atoms with Gasteiger partial charge < -0.3 is 10.1 Å². The number of hydrogen-bond acceptors (Lipinski definition) is 3. The number of ether oxygens (including phenoxy) is 1. The standard InChI is InChI=1S/C17H27ClN2O/c1-14(2)20(13-15-6-5-9-19-12-15)10-11-21-17-8-4-3-7-16(17)18/h3-4,7-8,14-15,19H,5-6,9-13H2,1-2H3. The molecule has 1 unspecified atom stereocenters. The van der Waals surface area contributed by atoms with Crippen LogP contribution in [0, 0.1) is 5.92 Å². The summed E-state index contributed by atoms with van der Waals surface area (Å²) in [6.07, 6.45) is 2.63. The molecule has 0 bridgehead atoms. The molecule has 1 atom stereocenters. The van der Waals surface area contributed by atoms with Gasteiger partial charge in [0, 0.05) is 19.1 Å². The lowest BCUT2D eigenvalue weighted by molar-refractivity contribution is 0.143. The van der Waals surface area contributed by atoms with Gasteiger partial charge in [0.1, 0.15) is 12.4 Å². The van der Waals surface area contributed by atoms with Crippen molar-refractivity contribution in [1.29, 1.82) is 0 Å². The van der Waals surface area contributed by atoms with Gasteiger partial charge in [-0.05, 0) is 57.8 Å². The molecule has 0 saturated carbocycles. The second-order valence-corrected chi connectivity index (χ2v) is 6.49. The van der Waals surface area contributed by atoms with Gasteiger partial charge in [-0.3, -0.25) is 4.90 Å². The van der Waals surface area contributed by atoms with Gasteiger partial charge in [-0.2, -0.15) is 0 Å². The van der Waals surface area contributed by atoms with Crippen molar-refractivity contribution in [3.05, 3.63) is 29.3 Å². The number of nitrogens with one attached hydrogen (secondary N) is 1. The van der Waals surface area contributed by atoms with Gasteiger partial charge in [-0.1, -0.05) is 23.7 Å². The summed E-state index contributed by atoms with van der Waals surface area (Å²) in [6, 6.07) is 8.21. The monoisotopic (exact) mass is 310 g/mol. The Kier molecular flexibility index (Phi) is 6.81. The Morgan fingerprint density at radius 1 is 1.38 bits per heavy atom. The maximum absolute atomic E-state index is 6.11. The van der Waals surface area contributed by atoms with E-state index in [2.05, 4.69) is 24.1 Å². The van der Waals surface area contributed by atoms with Gasteiger partial charge in [0.2, 0.25) is 0 Å². The summed E-state index contributed by atoms with van der Waals surface area (Å²) in [5, 5.41) is 4.18. The highest BCUT2D eigenvalue weighted by Crippen LogP contribution is 2.23. The lowest BCUT2D eigenvalue weighted by Crippen LogP contribution is -2.42. The molecule has 2 rings (SSSR count). The Morgan fingerprint density at radius 3 is 2.86 bits per heavy atom. The van der Waals surface area contributed by atoms with Crippen molar-refractivity contribution in [1.82, 2.24) is 10.2 Å². The van der Waals surface area contributed by atoms with Crippen LogP contribution in [0.25, 0.3) is 0 Å². The van der Waals surface area contributed by atoms with E-state index in [0.29, 0.717) is 17.7 Å². The second-order valence-electron chi connectivity index (χ2n) is 6.08. The Morgan fingerprint density at radius 2 is 2.19 bits per heavy atom. The quantitative estimate of drug-likeness (QED) is 0.835. The van der Waals surface area contributed by atoms with Gasteiger partial charge in [-0.15, -0.1) is 0 Å². The molecule has 1 N–H and O–H groups in total. The lowest BCUT2D eigenvalue weighted by atomic mass is 9.98. The average Bonchev–Trinajstić information content (AvgIpc) is 2.49. The SMILES string of the molecule is CC(C)N(CCOc1ccccc1Cl)CC1CCCNC1. The van der Waals surface area contributed by atoms with E-state index in [4.69, 9.17) is 16.3 Å². The molecule has 1 fully saturated rings. The first-order valence-corrected chi connectivity index (χ1v) is 8.36. The summed E-state index contributed by atoms with van der Waals surface area (Å²) in [5.41, 5.74) is 0. The maximum atomic E-state index is 6.11. The number of benzene rings is 1. The van der Waals surface area contributed by atoms with E-state index < -0.39 is 0 Å². The topological polar surface area (TPSA) is 24.5 Å². The number of rotatable bonds is 7. The molecule has 0 amide bonds. The zero-order chi connectivity index (χ0) is 15.1. The van der Waals surface area contributed by atoms with E-state index in [9.17, 15) is 0 Å². The normalized spacial score (nSPS) is 19.2. The molecule has 0 radical (unpaired) electrons. The molecule has 0 aromatic heterocycles. The van der Waals surface area contributed by atoms with Crippen LogP contribution in [-0.2, 0) is 0 Å². The zero-order valence-electron chi connectivity index (χ0n) is 13.1. The van der Waals surface area contributed by atoms with Crippen LogP contribution in [0.5, 0.6) is 5.75 Å². The maximum Gasteiger partial charge on any atom is 0.137 e. The molecule has 1 heterocycles. The Bertz CT molecular complexity index is 419. The Balaban J connectivity index is 1.78. The molecular formula is C17H27ClN2O. The van der Waals surface area contributed by atoms with Crippen LogP contribution in [0.3, 0.4) is 0 Å². The van der Waals surface area contributed by atoms with E-state index in [1.54, 1.807) is 0 Å². The summed E-state index contributed by atoms with van der Waals surface area (Å²) in [5.74, 6) is 1.55. The molecule has 1 aromatic rings. The summed E-state index contributed by atoms with van der Waals surface area (Å²) < 4.78 is 5.82. The molecular weight excluding hydrogens is 284 g/mol. The number of halogens is 1. The van der Waals surface area contributed by atoms with E-state index in [1.165, 1.54) is 19.4 Å². The third-order valence-electron chi connectivity index (χ3n) is 4.09. The predicted octanol–water partition coefficient (Wildman–Crippen LogP) is 3.43. The van der Waals surface area contributed by atoms with Gasteiger partial charge in [0.15, 0.2) is 0 Å². The van der Waals surface area contributed by atoms with Crippen molar-refractivity contribution in [2.45, 2.75) is 32.7 Å². The van der Waals surface area contributed by atoms with Crippen molar-refractivity contribution in [2.75, 3.05) is 32.8 Å². The van der Waals surface area contributed by atoms with Crippen LogP contribution in [0.4, 0.5) is 0 Å². The molecule has 0 spiro atoms. The molecule has 1 saturated heterocycles. The van der Waals surface area contributed by atoms with Crippen LogP contribution in [0.2, 0.25) is 5.02 Å². The Hall–Kier alpha value is -0.770. The van der Waals surface area contributed by atoms with Gasteiger partial charge >= 0.3 is 0 Å². The summed E-state index contributed by atoms with van der Waals surface area (Å²) in [6.45, 7) is 9.61. The minimum atomic E-state index is 0.543. The van der Waals surface area contributed by atoms with Crippen molar-refractivity contribution in [3.8, 4) is 5.75 Å². The fourth-order valence-corrected chi connectivity index (χ4v) is 3.00. The molecule has 0 aliphatic carbocycles. The molecule has 1 aliphatic rings. The first-order chi connectivity index (χ1) is 10.2. The van der Waals surface area contributed by atoms with E-state index in [1.807, 2.05) is 24.3 Å². The Labute approximate surface area is 133 Å². The highest BCUT2D eigenvalue weighted by molar-refractivity contribution is 6.32. The van der Waals surface area contributed by atoms with Gasteiger partial charge in [0.05, 0.1) is 5.02 Å². The summed E-state index contributed by atoms with van der Waals surface area (Å²) in [7, 11) is 0. The van der Waals surface area contributed by atoms with E-state index in [-0.39, 0.29) is 0 Å². The van der Waals surface area contributed by atoms with Crippen molar-refractivity contribution in [3.63, 3.8) is 0 Å². The third kappa shape index (κ3) is 5.50. The average molecular weight is 311 g/mol. The second kappa shape index (κ2) is 8.62. The molecule has 3 nitrogen and oxygen atoms in total. The smallest absolute Gasteiger partial charge is 0.137 e. The minimum absolute atomic E-state index is 0.543. The largest absolute Gasteiger partial charge is 0.491 e. The highest BCUT2D eigenvalue weighted by atomic mass is 35.5. The first kappa shape index (κ1) is 16.6. The van der Waals surface area contributed by atoms with E-state index in [0.717, 1.165) is 31.3 Å². The number of hydrogen-bond donors (Lipinski definition) is 1. The van der Waals surface area contributed by atoms with Crippen molar-refractivity contribution >= 4 is 11.6 Å². The van der Waals surface area contributed by atoms with E-state index >= 15 is 0 Å². The van der Waals surface area contributed by atoms with Gasteiger partial charge in [0.25, 0.3) is 0 Å².